The van der Waals surface area contributed by atoms with Crippen molar-refractivity contribution in [3.8, 4) is 0 Å². The first-order valence-electron chi connectivity index (χ1n) is 5.74. The van der Waals surface area contributed by atoms with Crippen molar-refractivity contribution in [2.24, 2.45) is 7.05 Å². The number of nitrogens with one attached hydrogen (secondary N) is 1. The van der Waals surface area contributed by atoms with Crippen molar-refractivity contribution in [1.29, 1.82) is 0 Å². The third kappa shape index (κ3) is 1.26. The molecule has 84 valence electrons. The van der Waals surface area contributed by atoms with E-state index in [2.05, 4.69) is 39.9 Å². The first-order valence-corrected chi connectivity index (χ1v) is 5.74. The molecule has 0 spiro atoms. The third-order valence-electron chi connectivity index (χ3n) is 3.52. The largest absolute Gasteiger partial charge is 0.328 e. The molecular weight excluding hydrogens is 200 g/mol. The fourth-order valence-electron chi connectivity index (χ4n) is 2.60. The highest BCUT2D eigenvalue weighted by Crippen LogP contribution is 2.30. The van der Waals surface area contributed by atoms with E-state index in [9.17, 15) is 0 Å². The molecule has 0 bridgehead atoms. The van der Waals surface area contributed by atoms with E-state index in [1.807, 2.05) is 6.07 Å². The van der Waals surface area contributed by atoms with Crippen LogP contribution in [0.4, 0.5) is 0 Å². The van der Waals surface area contributed by atoms with Gasteiger partial charge >= 0.3 is 0 Å². The van der Waals surface area contributed by atoms with Crippen LogP contribution >= 0.6 is 0 Å². The summed E-state index contributed by atoms with van der Waals surface area (Å²) in [6, 6.07) is 4.02. The molecule has 1 aliphatic heterocycles. The van der Waals surface area contributed by atoms with Crippen LogP contribution in [0.15, 0.2) is 18.3 Å². The van der Waals surface area contributed by atoms with Crippen LogP contribution in [0.2, 0.25) is 0 Å². The SMILES string of the molecule is Cn1c(C2(C)CCCN2)nc2ncccc21. The van der Waals surface area contributed by atoms with Crippen molar-refractivity contribution < 1.29 is 0 Å². The van der Waals surface area contributed by atoms with Gasteiger partial charge in [-0.15, -0.1) is 0 Å². The van der Waals surface area contributed by atoms with E-state index in [1.165, 1.54) is 6.42 Å². The van der Waals surface area contributed by atoms with Gasteiger partial charge in [0.05, 0.1) is 11.1 Å². The van der Waals surface area contributed by atoms with E-state index in [0.29, 0.717) is 0 Å². The molecule has 0 amide bonds. The van der Waals surface area contributed by atoms with Gasteiger partial charge in [0.1, 0.15) is 5.82 Å². The van der Waals surface area contributed by atoms with Crippen LogP contribution in [0.1, 0.15) is 25.6 Å². The molecule has 2 aromatic rings. The Morgan fingerprint density at radius 2 is 2.38 bits per heavy atom. The number of pyridine rings is 1. The van der Waals surface area contributed by atoms with Gasteiger partial charge in [-0.25, -0.2) is 9.97 Å². The molecule has 1 fully saturated rings. The van der Waals surface area contributed by atoms with E-state index in [1.54, 1.807) is 6.20 Å². The number of aryl methyl sites for hydroxylation is 1. The molecule has 1 saturated heterocycles. The van der Waals surface area contributed by atoms with Crippen LogP contribution in [0.5, 0.6) is 0 Å². The van der Waals surface area contributed by atoms with Gasteiger partial charge in [-0.1, -0.05) is 0 Å². The standard InChI is InChI=1S/C12H16N4/c1-12(6-4-8-14-12)11-15-10-9(16(11)2)5-3-7-13-10/h3,5,7,14H,4,6,8H2,1-2H3. The van der Waals surface area contributed by atoms with Gasteiger partial charge in [0.15, 0.2) is 5.65 Å². The summed E-state index contributed by atoms with van der Waals surface area (Å²) >= 11 is 0. The second-order valence-corrected chi connectivity index (χ2v) is 4.70. The van der Waals surface area contributed by atoms with Crippen molar-refractivity contribution in [2.45, 2.75) is 25.3 Å². The average Bonchev–Trinajstić information content (AvgIpc) is 2.86. The van der Waals surface area contributed by atoms with Crippen molar-refractivity contribution in [2.75, 3.05) is 6.54 Å². The minimum atomic E-state index is 0.00937. The van der Waals surface area contributed by atoms with Gasteiger partial charge < -0.3 is 9.88 Å². The molecule has 4 heteroatoms. The molecule has 1 N–H and O–H groups in total. The molecule has 1 aliphatic rings. The lowest BCUT2D eigenvalue weighted by molar-refractivity contribution is 0.397. The maximum atomic E-state index is 4.66. The first kappa shape index (κ1) is 9.78. The van der Waals surface area contributed by atoms with Crippen molar-refractivity contribution in [1.82, 2.24) is 19.9 Å². The average molecular weight is 216 g/mol. The fraction of sp³-hybridized carbons (Fsp3) is 0.500. The third-order valence-corrected chi connectivity index (χ3v) is 3.52. The summed E-state index contributed by atoms with van der Waals surface area (Å²) in [5, 5.41) is 3.54. The highest BCUT2D eigenvalue weighted by molar-refractivity contribution is 5.71. The molecule has 16 heavy (non-hydrogen) atoms. The molecule has 0 aliphatic carbocycles. The van der Waals surface area contributed by atoms with Crippen LogP contribution in [0.3, 0.4) is 0 Å². The fourth-order valence-corrected chi connectivity index (χ4v) is 2.60. The number of hydrogen-bond acceptors (Lipinski definition) is 3. The quantitative estimate of drug-likeness (QED) is 0.786. The Morgan fingerprint density at radius 1 is 1.50 bits per heavy atom. The van der Waals surface area contributed by atoms with Crippen molar-refractivity contribution in [3.05, 3.63) is 24.2 Å². The Bertz CT molecular complexity index is 523. The molecular formula is C12H16N4. The summed E-state index contributed by atoms with van der Waals surface area (Å²) in [6.07, 6.45) is 4.15. The number of fused-ring (bicyclic) bond motifs is 1. The lowest BCUT2D eigenvalue weighted by atomic mass is 9.99. The van der Waals surface area contributed by atoms with Gasteiger partial charge in [-0.2, -0.15) is 0 Å². The molecule has 2 aromatic heterocycles. The summed E-state index contributed by atoms with van der Waals surface area (Å²) in [7, 11) is 2.07. The van der Waals surface area contributed by atoms with Crippen molar-refractivity contribution >= 4 is 11.2 Å². The zero-order chi connectivity index (χ0) is 11.2. The van der Waals surface area contributed by atoms with Gasteiger partial charge in [0.2, 0.25) is 0 Å². The Labute approximate surface area is 94.7 Å². The molecule has 0 radical (unpaired) electrons. The smallest absolute Gasteiger partial charge is 0.177 e. The minimum absolute atomic E-state index is 0.00937. The summed E-state index contributed by atoms with van der Waals surface area (Å²) in [6.45, 7) is 3.30. The molecule has 4 nitrogen and oxygen atoms in total. The normalized spacial score (nSPS) is 25.4. The van der Waals surface area contributed by atoms with E-state index in [0.717, 1.165) is 30.0 Å². The first-order chi connectivity index (χ1) is 7.71. The molecule has 3 rings (SSSR count). The zero-order valence-corrected chi connectivity index (χ0v) is 9.70. The van der Waals surface area contributed by atoms with E-state index in [4.69, 9.17) is 0 Å². The maximum Gasteiger partial charge on any atom is 0.177 e. The summed E-state index contributed by atoms with van der Waals surface area (Å²) in [5.74, 6) is 1.10. The van der Waals surface area contributed by atoms with Crippen LogP contribution in [-0.4, -0.2) is 21.1 Å². The lowest BCUT2D eigenvalue weighted by Gasteiger charge is -2.23. The Balaban J connectivity index is 2.20. The van der Waals surface area contributed by atoms with Crippen LogP contribution in [-0.2, 0) is 12.6 Å². The number of nitrogens with zero attached hydrogens (tertiary/aromatic N) is 3. The second kappa shape index (κ2) is 3.28. The number of imidazole rings is 1. The number of hydrogen-bond donors (Lipinski definition) is 1. The summed E-state index contributed by atoms with van der Waals surface area (Å²) < 4.78 is 2.15. The summed E-state index contributed by atoms with van der Waals surface area (Å²) in [5.41, 5.74) is 1.96. The van der Waals surface area contributed by atoms with E-state index in [-0.39, 0.29) is 5.54 Å². The second-order valence-electron chi connectivity index (χ2n) is 4.70. The number of rotatable bonds is 1. The molecule has 0 aromatic carbocycles. The highest BCUT2D eigenvalue weighted by atomic mass is 15.2. The topological polar surface area (TPSA) is 42.7 Å². The van der Waals surface area contributed by atoms with Crippen molar-refractivity contribution in [3.63, 3.8) is 0 Å². The highest BCUT2D eigenvalue weighted by Gasteiger charge is 2.34. The van der Waals surface area contributed by atoms with Gasteiger partial charge in [-0.3, -0.25) is 0 Å². The molecule has 1 unspecified atom stereocenters. The number of aromatic nitrogens is 3. The van der Waals surface area contributed by atoms with Crippen LogP contribution in [0, 0.1) is 0 Å². The van der Waals surface area contributed by atoms with Gasteiger partial charge in [-0.05, 0) is 38.4 Å². The van der Waals surface area contributed by atoms with E-state index >= 15 is 0 Å². The summed E-state index contributed by atoms with van der Waals surface area (Å²) in [4.78, 5) is 8.96. The predicted octanol–water partition coefficient (Wildman–Crippen LogP) is 1.57. The Hall–Kier alpha value is -1.42. The zero-order valence-electron chi connectivity index (χ0n) is 9.70. The lowest BCUT2D eigenvalue weighted by Crippen LogP contribution is -2.35. The van der Waals surface area contributed by atoms with Gasteiger partial charge in [0.25, 0.3) is 0 Å². The van der Waals surface area contributed by atoms with E-state index < -0.39 is 0 Å². The molecule has 3 heterocycles. The van der Waals surface area contributed by atoms with Crippen LogP contribution < -0.4 is 5.32 Å². The predicted molar refractivity (Wildman–Crippen MR) is 63.1 cm³/mol. The van der Waals surface area contributed by atoms with Gasteiger partial charge in [0, 0.05) is 13.2 Å². The molecule has 0 saturated carbocycles. The Kier molecular flexibility index (Phi) is 2.01. The maximum absolute atomic E-state index is 4.66. The Morgan fingerprint density at radius 3 is 3.06 bits per heavy atom. The minimum Gasteiger partial charge on any atom is -0.328 e. The molecule has 1 atom stereocenters. The van der Waals surface area contributed by atoms with Crippen LogP contribution in [0.25, 0.3) is 11.2 Å². The monoisotopic (exact) mass is 216 g/mol.